The van der Waals surface area contributed by atoms with E-state index in [0.29, 0.717) is 11.7 Å². The average molecular weight is 377 g/mol. The second-order valence-electron chi connectivity index (χ2n) is 7.55. The summed E-state index contributed by atoms with van der Waals surface area (Å²) in [5, 5.41) is 14.3. The molecule has 0 bridgehead atoms. The van der Waals surface area contributed by atoms with E-state index in [1.54, 1.807) is 0 Å². The summed E-state index contributed by atoms with van der Waals surface area (Å²) in [5.41, 5.74) is 3.13. The molecule has 0 radical (unpaired) electrons. The van der Waals surface area contributed by atoms with Gasteiger partial charge in [-0.25, -0.2) is 9.97 Å². The molecule has 1 fully saturated rings. The number of aromatic amines is 1. The molecule has 1 aliphatic rings. The lowest BCUT2D eigenvalue weighted by molar-refractivity contribution is 0.966. The topological polar surface area (TPSA) is 66.5 Å². The van der Waals surface area contributed by atoms with Gasteiger partial charge in [0.25, 0.3) is 0 Å². The molecule has 0 unspecified atom stereocenters. The molecule has 5 aromatic rings. The molecule has 140 valence electrons. The summed E-state index contributed by atoms with van der Waals surface area (Å²) in [5.74, 6) is 2.90. The Morgan fingerprint density at radius 3 is 2.52 bits per heavy atom. The average Bonchev–Trinajstić information content (AvgIpc) is 3.52. The van der Waals surface area contributed by atoms with Crippen molar-refractivity contribution in [2.75, 3.05) is 5.32 Å². The van der Waals surface area contributed by atoms with Crippen LogP contribution >= 0.6 is 0 Å². The molecule has 29 heavy (non-hydrogen) atoms. The van der Waals surface area contributed by atoms with Gasteiger partial charge >= 0.3 is 0 Å². The van der Waals surface area contributed by atoms with Crippen LogP contribution in [0.2, 0.25) is 0 Å². The Hall–Kier alpha value is -3.73. The molecule has 5 heteroatoms. The Kier molecular flexibility index (Phi) is 3.59. The van der Waals surface area contributed by atoms with Crippen molar-refractivity contribution in [2.45, 2.75) is 18.8 Å². The third-order valence-electron chi connectivity index (χ3n) is 5.50. The van der Waals surface area contributed by atoms with Gasteiger partial charge < -0.3 is 5.32 Å². The molecule has 5 nitrogen and oxygen atoms in total. The quantitative estimate of drug-likeness (QED) is 0.416. The minimum Gasteiger partial charge on any atom is -0.323 e. The van der Waals surface area contributed by atoms with Gasteiger partial charge in [-0.2, -0.15) is 5.10 Å². The fraction of sp³-hybridized carbons (Fsp3) is 0.125. The molecule has 0 saturated heterocycles. The van der Waals surface area contributed by atoms with Crippen LogP contribution in [0.25, 0.3) is 33.1 Å². The van der Waals surface area contributed by atoms with Crippen molar-refractivity contribution < 1.29 is 0 Å². The first-order valence-electron chi connectivity index (χ1n) is 9.92. The van der Waals surface area contributed by atoms with E-state index in [2.05, 4.69) is 64.0 Å². The highest BCUT2D eigenvalue weighted by molar-refractivity contribution is 5.98. The first-order valence-corrected chi connectivity index (χ1v) is 9.92. The minimum absolute atomic E-state index is 0.631. The van der Waals surface area contributed by atoms with Crippen LogP contribution in [0.1, 0.15) is 24.5 Å². The molecule has 3 aromatic carbocycles. The first kappa shape index (κ1) is 16.2. The number of rotatable bonds is 4. The number of para-hydroxylation sites is 1. The largest absolute Gasteiger partial charge is 0.323 e. The molecular formula is C24H19N5. The highest BCUT2D eigenvalue weighted by Gasteiger charge is 2.25. The molecule has 0 amide bonds. The van der Waals surface area contributed by atoms with Crippen molar-refractivity contribution in [2.24, 2.45) is 0 Å². The van der Waals surface area contributed by atoms with E-state index >= 15 is 0 Å². The summed E-state index contributed by atoms with van der Waals surface area (Å²) in [6.07, 6.45) is 2.48. The number of hydrogen-bond donors (Lipinski definition) is 2. The fourth-order valence-electron chi connectivity index (χ4n) is 3.84. The Morgan fingerprint density at radius 2 is 1.62 bits per heavy atom. The van der Waals surface area contributed by atoms with Crippen molar-refractivity contribution in [1.29, 1.82) is 0 Å². The van der Waals surface area contributed by atoms with E-state index in [-0.39, 0.29) is 0 Å². The number of anilines is 2. The number of fused-ring (bicyclic) bond motifs is 2. The van der Waals surface area contributed by atoms with E-state index in [0.717, 1.165) is 33.5 Å². The van der Waals surface area contributed by atoms with Gasteiger partial charge in [-0.05, 0) is 35.7 Å². The van der Waals surface area contributed by atoms with Crippen LogP contribution in [-0.2, 0) is 0 Å². The van der Waals surface area contributed by atoms with Crippen molar-refractivity contribution in [3.8, 4) is 11.4 Å². The first-order chi connectivity index (χ1) is 14.3. The molecular weight excluding hydrogens is 358 g/mol. The normalized spacial score (nSPS) is 13.8. The van der Waals surface area contributed by atoms with Crippen LogP contribution in [0, 0.1) is 0 Å². The number of nitrogens with one attached hydrogen (secondary N) is 2. The van der Waals surface area contributed by atoms with Gasteiger partial charge in [0.2, 0.25) is 0 Å². The Morgan fingerprint density at radius 1 is 0.828 bits per heavy atom. The minimum atomic E-state index is 0.631. The third-order valence-corrected chi connectivity index (χ3v) is 5.50. The molecule has 1 saturated carbocycles. The highest BCUT2D eigenvalue weighted by atomic mass is 15.2. The summed E-state index contributed by atoms with van der Waals surface area (Å²) in [7, 11) is 0. The summed E-state index contributed by atoms with van der Waals surface area (Å²) in [4.78, 5) is 9.77. The number of hydrogen-bond acceptors (Lipinski definition) is 4. The van der Waals surface area contributed by atoms with Gasteiger partial charge in [-0.3, -0.25) is 5.10 Å². The van der Waals surface area contributed by atoms with Gasteiger partial charge in [0, 0.05) is 28.6 Å². The van der Waals surface area contributed by atoms with E-state index in [4.69, 9.17) is 9.97 Å². The number of aromatic nitrogens is 4. The summed E-state index contributed by atoms with van der Waals surface area (Å²) >= 11 is 0. The number of nitrogens with zero attached hydrogens (tertiary/aromatic N) is 3. The van der Waals surface area contributed by atoms with Crippen LogP contribution in [0.5, 0.6) is 0 Å². The molecule has 0 atom stereocenters. The van der Waals surface area contributed by atoms with E-state index in [1.165, 1.54) is 23.9 Å². The lowest BCUT2D eigenvalue weighted by atomic mass is 10.0. The molecule has 2 heterocycles. The zero-order chi connectivity index (χ0) is 19.2. The van der Waals surface area contributed by atoms with Crippen LogP contribution in [-0.4, -0.2) is 20.2 Å². The number of benzene rings is 3. The van der Waals surface area contributed by atoms with Gasteiger partial charge in [-0.15, -0.1) is 0 Å². The van der Waals surface area contributed by atoms with Crippen molar-refractivity contribution in [1.82, 2.24) is 20.2 Å². The van der Waals surface area contributed by atoms with Crippen LogP contribution in [0.3, 0.4) is 0 Å². The second kappa shape index (κ2) is 6.41. The van der Waals surface area contributed by atoms with Crippen LogP contribution in [0.15, 0.2) is 72.8 Å². The standard InChI is InChI=1S/C24H19N5/c1-2-8-17-15(6-1)7-5-10-18(17)23-25-20-11-4-3-9-19(20)24(27-23)26-22-14-21(28-29-22)16-12-13-16/h1-11,14,16H,12-13H2,(H2,25,26,27,28,29). The van der Waals surface area contributed by atoms with Crippen molar-refractivity contribution in [3.63, 3.8) is 0 Å². The number of H-pyrrole nitrogens is 1. The van der Waals surface area contributed by atoms with Crippen LogP contribution in [0.4, 0.5) is 11.6 Å². The SMILES string of the molecule is c1ccc2c(-c3nc(Nc4cc(C5CC5)[nH]n4)c4ccccc4n3)cccc2c1. The zero-order valence-corrected chi connectivity index (χ0v) is 15.8. The summed E-state index contributed by atoms with van der Waals surface area (Å²) < 4.78 is 0. The smallest absolute Gasteiger partial charge is 0.162 e. The van der Waals surface area contributed by atoms with Gasteiger partial charge in [0.15, 0.2) is 11.6 Å². The molecule has 1 aliphatic carbocycles. The Bertz CT molecular complexity index is 1340. The lowest BCUT2D eigenvalue weighted by Gasteiger charge is -2.11. The van der Waals surface area contributed by atoms with Crippen LogP contribution < -0.4 is 5.32 Å². The monoisotopic (exact) mass is 377 g/mol. The maximum absolute atomic E-state index is 4.91. The van der Waals surface area contributed by atoms with Crippen molar-refractivity contribution in [3.05, 3.63) is 78.5 Å². The summed E-state index contributed by atoms with van der Waals surface area (Å²) in [6.45, 7) is 0. The van der Waals surface area contributed by atoms with E-state index < -0.39 is 0 Å². The maximum Gasteiger partial charge on any atom is 0.162 e. The highest BCUT2D eigenvalue weighted by Crippen LogP contribution is 2.40. The second-order valence-corrected chi connectivity index (χ2v) is 7.55. The Labute approximate surface area is 167 Å². The predicted octanol–water partition coefficient (Wildman–Crippen LogP) is 5.79. The molecule has 0 aliphatic heterocycles. The van der Waals surface area contributed by atoms with Gasteiger partial charge in [0.1, 0.15) is 5.82 Å². The summed E-state index contributed by atoms with van der Waals surface area (Å²) in [6, 6.07) is 24.7. The van der Waals surface area contributed by atoms with Crippen molar-refractivity contribution >= 4 is 33.3 Å². The fourth-order valence-corrected chi connectivity index (χ4v) is 3.84. The Balaban J connectivity index is 1.50. The predicted molar refractivity (Wildman–Crippen MR) is 116 cm³/mol. The van der Waals surface area contributed by atoms with Gasteiger partial charge in [0.05, 0.1) is 5.52 Å². The molecule has 6 rings (SSSR count). The maximum atomic E-state index is 4.91. The van der Waals surface area contributed by atoms with E-state index in [9.17, 15) is 0 Å². The third kappa shape index (κ3) is 2.91. The molecule has 2 N–H and O–H groups in total. The van der Waals surface area contributed by atoms with Gasteiger partial charge in [-0.1, -0.05) is 54.6 Å². The molecule has 2 aromatic heterocycles. The molecule has 0 spiro atoms. The zero-order valence-electron chi connectivity index (χ0n) is 15.8. The lowest BCUT2D eigenvalue weighted by Crippen LogP contribution is -2.00. The van der Waals surface area contributed by atoms with E-state index in [1.807, 2.05) is 24.3 Å².